The summed E-state index contributed by atoms with van der Waals surface area (Å²) in [4.78, 5) is 13.6. The molecule has 0 aliphatic carbocycles. The highest BCUT2D eigenvalue weighted by Gasteiger charge is 2.38. The summed E-state index contributed by atoms with van der Waals surface area (Å²) in [5.74, 6) is -3.50. The van der Waals surface area contributed by atoms with E-state index in [9.17, 15) is 31.1 Å². The van der Waals surface area contributed by atoms with Gasteiger partial charge in [0.05, 0.1) is 18.0 Å². The summed E-state index contributed by atoms with van der Waals surface area (Å²) in [5.41, 5.74) is -3.01. The van der Waals surface area contributed by atoms with E-state index < -0.39 is 53.5 Å². The molecule has 0 aromatic carbocycles. The maximum absolute atomic E-state index is 12.6. The Bertz CT molecular complexity index is 543. The standard InChI is InChI=1S/C10H6ClF6NO3/c11-3-4-5(1-8(19)20)18-7(9(12,13)14)2-6(4)21-10(15,16)17/h2H,1,3H2,(H,19,20). The van der Waals surface area contributed by atoms with Gasteiger partial charge in [0.2, 0.25) is 0 Å². The first kappa shape index (κ1) is 17.3. The molecule has 0 spiro atoms. The minimum Gasteiger partial charge on any atom is -0.481 e. The second-order valence-electron chi connectivity index (χ2n) is 3.68. The first-order valence-corrected chi connectivity index (χ1v) is 5.61. The molecule has 1 aromatic heterocycles. The zero-order chi connectivity index (χ0) is 16.4. The number of carboxylic acid groups (broad SMARTS) is 1. The molecule has 0 bridgehead atoms. The number of ether oxygens (including phenoxy) is 1. The molecule has 1 heterocycles. The third-order valence-corrected chi connectivity index (χ3v) is 2.40. The fourth-order valence-corrected chi connectivity index (χ4v) is 1.68. The quantitative estimate of drug-likeness (QED) is 0.676. The van der Waals surface area contributed by atoms with E-state index >= 15 is 0 Å². The maximum Gasteiger partial charge on any atom is 0.573 e. The Morgan fingerprint density at radius 3 is 2.24 bits per heavy atom. The van der Waals surface area contributed by atoms with Gasteiger partial charge in [0.15, 0.2) is 0 Å². The first-order valence-electron chi connectivity index (χ1n) is 5.07. The van der Waals surface area contributed by atoms with Crippen molar-refractivity contribution in [3.05, 3.63) is 23.0 Å². The van der Waals surface area contributed by atoms with Gasteiger partial charge in [0.1, 0.15) is 11.4 Å². The molecule has 4 nitrogen and oxygen atoms in total. The molecule has 0 aliphatic heterocycles. The van der Waals surface area contributed by atoms with Gasteiger partial charge >= 0.3 is 18.5 Å². The Morgan fingerprint density at radius 2 is 1.86 bits per heavy atom. The number of carboxylic acids is 1. The number of alkyl halides is 7. The number of pyridine rings is 1. The number of aromatic nitrogens is 1. The Kier molecular flexibility index (Phi) is 4.92. The van der Waals surface area contributed by atoms with Gasteiger partial charge in [-0.05, 0) is 0 Å². The summed E-state index contributed by atoms with van der Waals surface area (Å²) >= 11 is 5.35. The van der Waals surface area contributed by atoms with Crippen LogP contribution < -0.4 is 4.74 Å². The van der Waals surface area contributed by atoms with Crippen molar-refractivity contribution in [2.45, 2.75) is 24.8 Å². The SMILES string of the molecule is O=C(O)Cc1nc(C(F)(F)F)cc(OC(F)(F)F)c1CCl. The average molecular weight is 338 g/mol. The van der Waals surface area contributed by atoms with Crippen LogP contribution in [0.15, 0.2) is 6.07 Å². The molecule has 0 saturated carbocycles. The monoisotopic (exact) mass is 337 g/mol. The van der Waals surface area contributed by atoms with Gasteiger partial charge in [0.25, 0.3) is 0 Å². The lowest BCUT2D eigenvalue weighted by atomic mass is 10.1. The van der Waals surface area contributed by atoms with Crippen LogP contribution in [0.4, 0.5) is 26.3 Å². The van der Waals surface area contributed by atoms with Gasteiger partial charge in [-0.3, -0.25) is 4.79 Å². The molecule has 0 aliphatic rings. The molecule has 1 N–H and O–H groups in total. The van der Waals surface area contributed by atoms with Crippen LogP contribution in [0, 0.1) is 0 Å². The number of hydrogen-bond donors (Lipinski definition) is 1. The van der Waals surface area contributed by atoms with Crippen LogP contribution >= 0.6 is 11.6 Å². The van der Waals surface area contributed by atoms with Gasteiger partial charge in [-0.25, -0.2) is 4.98 Å². The van der Waals surface area contributed by atoms with Crippen LogP contribution in [0.25, 0.3) is 0 Å². The maximum atomic E-state index is 12.6. The third kappa shape index (κ3) is 4.96. The minimum atomic E-state index is -5.26. The molecule has 1 rings (SSSR count). The van der Waals surface area contributed by atoms with Gasteiger partial charge in [0, 0.05) is 11.6 Å². The predicted molar refractivity (Wildman–Crippen MR) is 56.8 cm³/mol. The van der Waals surface area contributed by atoms with Crippen molar-refractivity contribution in [1.29, 1.82) is 0 Å². The summed E-state index contributed by atoms with van der Waals surface area (Å²) < 4.78 is 77.8. The molecule has 0 saturated heterocycles. The molecule has 0 unspecified atom stereocenters. The van der Waals surface area contributed by atoms with Crippen LogP contribution in [0.1, 0.15) is 17.0 Å². The fraction of sp³-hybridized carbons (Fsp3) is 0.400. The first-order chi connectivity index (χ1) is 9.44. The van der Waals surface area contributed by atoms with Gasteiger partial charge in [-0.2, -0.15) is 13.2 Å². The van der Waals surface area contributed by atoms with Crippen molar-refractivity contribution in [1.82, 2.24) is 4.98 Å². The van der Waals surface area contributed by atoms with Crippen molar-refractivity contribution in [3.63, 3.8) is 0 Å². The molecule has 11 heteroatoms. The average Bonchev–Trinajstić information content (AvgIpc) is 2.24. The number of aliphatic carboxylic acids is 1. The van der Waals surface area contributed by atoms with Crippen molar-refractivity contribution in [2.24, 2.45) is 0 Å². The molecule has 0 amide bonds. The van der Waals surface area contributed by atoms with Gasteiger partial charge in [-0.1, -0.05) is 0 Å². The Morgan fingerprint density at radius 1 is 1.29 bits per heavy atom. The van der Waals surface area contributed by atoms with E-state index in [2.05, 4.69) is 9.72 Å². The largest absolute Gasteiger partial charge is 0.573 e. The summed E-state index contributed by atoms with van der Waals surface area (Å²) in [6.07, 6.45) is -11.4. The fourth-order valence-electron chi connectivity index (χ4n) is 1.39. The predicted octanol–water partition coefficient (Wildman–Crippen LogP) is 3.36. The van der Waals surface area contributed by atoms with E-state index in [0.717, 1.165) is 0 Å². The highest BCUT2D eigenvalue weighted by Crippen LogP contribution is 2.36. The second kappa shape index (κ2) is 5.96. The Balaban J connectivity index is 3.47. The zero-order valence-corrected chi connectivity index (χ0v) is 10.6. The zero-order valence-electron chi connectivity index (χ0n) is 9.85. The molecule has 21 heavy (non-hydrogen) atoms. The lowest BCUT2D eigenvalue weighted by Gasteiger charge is -2.17. The molecule has 118 valence electrons. The Labute approximate surface area is 118 Å². The van der Waals surface area contributed by atoms with E-state index in [-0.39, 0.29) is 6.07 Å². The topological polar surface area (TPSA) is 59.4 Å². The van der Waals surface area contributed by atoms with E-state index in [1.165, 1.54) is 0 Å². The number of hydrogen-bond acceptors (Lipinski definition) is 3. The summed E-state index contributed by atoms with van der Waals surface area (Å²) in [5, 5.41) is 8.58. The highest BCUT2D eigenvalue weighted by molar-refractivity contribution is 6.17. The molecule has 1 aromatic rings. The smallest absolute Gasteiger partial charge is 0.481 e. The molecule has 0 radical (unpaired) electrons. The number of nitrogens with zero attached hydrogens (tertiary/aromatic N) is 1. The molecule has 0 fully saturated rings. The number of halogens is 7. The van der Waals surface area contributed by atoms with Crippen LogP contribution in [0.5, 0.6) is 5.75 Å². The normalized spacial score (nSPS) is 12.3. The lowest BCUT2D eigenvalue weighted by molar-refractivity contribution is -0.275. The Hall–Kier alpha value is -1.71. The van der Waals surface area contributed by atoms with E-state index in [1.54, 1.807) is 0 Å². The van der Waals surface area contributed by atoms with Crippen molar-refractivity contribution >= 4 is 17.6 Å². The third-order valence-electron chi connectivity index (χ3n) is 2.14. The van der Waals surface area contributed by atoms with E-state index in [4.69, 9.17) is 16.7 Å². The molecular formula is C10H6ClF6NO3. The number of rotatable bonds is 4. The number of carbonyl (C=O) groups is 1. The minimum absolute atomic E-state index is 0.0244. The second-order valence-corrected chi connectivity index (χ2v) is 3.95. The lowest BCUT2D eigenvalue weighted by Crippen LogP contribution is -2.21. The van der Waals surface area contributed by atoms with Crippen molar-refractivity contribution in [3.8, 4) is 5.75 Å². The van der Waals surface area contributed by atoms with Crippen LogP contribution in [-0.2, 0) is 23.3 Å². The van der Waals surface area contributed by atoms with Gasteiger partial charge in [-0.15, -0.1) is 24.8 Å². The summed E-state index contributed by atoms with van der Waals surface area (Å²) in [6.45, 7) is 0. The van der Waals surface area contributed by atoms with Crippen LogP contribution in [0.3, 0.4) is 0 Å². The van der Waals surface area contributed by atoms with Crippen LogP contribution in [-0.4, -0.2) is 22.4 Å². The summed E-state index contributed by atoms with van der Waals surface area (Å²) in [6, 6.07) is 0.0244. The summed E-state index contributed by atoms with van der Waals surface area (Å²) in [7, 11) is 0. The van der Waals surface area contributed by atoms with Crippen molar-refractivity contribution in [2.75, 3.05) is 0 Å². The van der Waals surface area contributed by atoms with Crippen LogP contribution in [0.2, 0.25) is 0 Å². The van der Waals surface area contributed by atoms with Crippen molar-refractivity contribution < 1.29 is 41.0 Å². The van der Waals surface area contributed by atoms with E-state index in [0.29, 0.717) is 0 Å². The highest BCUT2D eigenvalue weighted by atomic mass is 35.5. The molecule has 0 atom stereocenters. The molecular weight excluding hydrogens is 332 g/mol. The van der Waals surface area contributed by atoms with Gasteiger partial charge < -0.3 is 9.84 Å². The van der Waals surface area contributed by atoms with E-state index in [1.807, 2.05) is 0 Å².